The molecule has 4 rings (SSSR count). The van der Waals surface area contributed by atoms with E-state index in [1.54, 1.807) is 6.20 Å². The largest absolute Gasteiger partial charge is 0.465 e. The summed E-state index contributed by atoms with van der Waals surface area (Å²) in [6.07, 6.45) is 8.52. The van der Waals surface area contributed by atoms with Crippen LogP contribution in [0.1, 0.15) is 78.8 Å². The fraction of sp³-hybridized carbons (Fsp3) is 0.440. The van der Waals surface area contributed by atoms with Gasteiger partial charge in [-0.3, -0.25) is 4.98 Å². The zero-order chi connectivity index (χ0) is 20.3. The van der Waals surface area contributed by atoms with Crippen LogP contribution in [0.15, 0.2) is 42.6 Å². The van der Waals surface area contributed by atoms with Crippen molar-refractivity contribution in [3.63, 3.8) is 0 Å². The van der Waals surface area contributed by atoms with E-state index in [-0.39, 0.29) is 22.2 Å². The maximum absolute atomic E-state index is 11.7. The van der Waals surface area contributed by atoms with Crippen LogP contribution in [-0.4, -0.2) is 18.1 Å². The van der Waals surface area contributed by atoms with Gasteiger partial charge in [0, 0.05) is 22.4 Å². The molecule has 1 aromatic heterocycles. The summed E-state index contributed by atoms with van der Waals surface area (Å²) in [5.41, 5.74) is 7.12. The predicted molar refractivity (Wildman–Crippen MR) is 112 cm³/mol. The Kier molecular flexibility index (Phi) is 4.08. The first-order chi connectivity index (χ1) is 13.1. The smallest absolute Gasteiger partial charge is 0.339 e. The Labute approximate surface area is 167 Å². The molecule has 0 bridgehead atoms. The number of aryl methyl sites for hydroxylation is 1. The number of allylic oxidation sites excluding steroid dienone is 2. The Morgan fingerprint density at radius 1 is 0.964 bits per heavy atom. The molecule has 1 saturated carbocycles. The molecule has 0 aliphatic heterocycles. The first-order valence-corrected chi connectivity index (χ1v) is 10.0. The third-order valence-corrected chi connectivity index (χ3v) is 6.61. The number of aromatic nitrogens is 1. The lowest BCUT2D eigenvalue weighted by Gasteiger charge is -2.38. The topological polar surface area (TPSA) is 39.2 Å². The Hall–Kier alpha value is -2.42. The normalized spacial score (nSPS) is 20.4. The van der Waals surface area contributed by atoms with Crippen LogP contribution in [0.3, 0.4) is 0 Å². The van der Waals surface area contributed by atoms with Crippen molar-refractivity contribution in [1.82, 2.24) is 4.98 Å². The quantitative estimate of drug-likeness (QED) is 0.534. The standard InChI is InChI=1S/C25H29NO2/c1-16-13-19-20(24(4,5)10-9-23(19,2)3)14-18(16)25(11-12-25)21-8-7-17(15-26-21)22(27)28-6/h7-10,13-15H,11-12H2,1-6H3. The highest BCUT2D eigenvalue weighted by molar-refractivity contribution is 5.88. The molecule has 2 aliphatic rings. The van der Waals surface area contributed by atoms with Crippen LogP contribution >= 0.6 is 0 Å². The van der Waals surface area contributed by atoms with E-state index < -0.39 is 0 Å². The van der Waals surface area contributed by atoms with Gasteiger partial charge in [-0.1, -0.05) is 52.0 Å². The van der Waals surface area contributed by atoms with Crippen molar-refractivity contribution in [3.8, 4) is 0 Å². The Morgan fingerprint density at radius 3 is 2.07 bits per heavy atom. The van der Waals surface area contributed by atoms with Gasteiger partial charge in [0.15, 0.2) is 0 Å². The summed E-state index contributed by atoms with van der Waals surface area (Å²) in [5, 5.41) is 0. The number of fused-ring (bicyclic) bond motifs is 1. The second-order valence-corrected chi connectivity index (χ2v) is 9.50. The molecule has 0 radical (unpaired) electrons. The molecule has 0 unspecified atom stereocenters. The number of nitrogens with zero attached hydrogens (tertiary/aromatic N) is 1. The van der Waals surface area contributed by atoms with Gasteiger partial charge >= 0.3 is 5.97 Å². The number of carbonyl (C=O) groups excluding carboxylic acids is 1. The summed E-state index contributed by atoms with van der Waals surface area (Å²) in [6, 6.07) is 8.64. The molecule has 2 aromatic rings. The molecule has 2 aliphatic carbocycles. The predicted octanol–water partition coefficient (Wildman–Crippen LogP) is 5.38. The van der Waals surface area contributed by atoms with Crippen molar-refractivity contribution in [2.45, 2.75) is 63.7 Å². The third kappa shape index (κ3) is 2.80. The number of pyridine rings is 1. The average molecular weight is 376 g/mol. The number of carbonyl (C=O) groups is 1. The highest BCUT2D eigenvalue weighted by atomic mass is 16.5. The molecular formula is C25H29NO2. The minimum Gasteiger partial charge on any atom is -0.465 e. The van der Waals surface area contributed by atoms with Crippen LogP contribution in [-0.2, 0) is 21.0 Å². The van der Waals surface area contributed by atoms with E-state index in [1.807, 2.05) is 12.1 Å². The number of benzene rings is 1. The van der Waals surface area contributed by atoms with Gasteiger partial charge in [-0.25, -0.2) is 4.79 Å². The van der Waals surface area contributed by atoms with E-state index in [0.717, 1.165) is 18.5 Å². The lowest BCUT2D eigenvalue weighted by molar-refractivity contribution is 0.0600. The van der Waals surface area contributed by atoms with Crippen molar-refractivity contribution in [2.75, 3.05) is 7.11 Å². The fourth-order valence-corrected chi connectivity index (χ4v) is 4.59. The van der Waals surface area contributed by atoms with Crippen molar-refractivity contribution in [2.24, 2.45) is 0 Å². The van der Waals surface area contributed by atoms with E-state index in [2.05, 4.69) is 63.9 Å². The highest BCUT2D eigenvalue weighted by Gasteiger charge is 2.49. The van der Waals surface area contributed by atoms with Gasteiger partial charge in [0.25, 0.3) is 0 Å². The Balaban J connectivity index is 1.81. The van der Waals surface area contributed by atoms with Crippen LogP contribution in [0, 0.1) is 6.92 Å². The number of ether oxygens (including phenoxy) is 1. The van der Waals surface area contributed by atoms with E-state index in [0.29, 0.717) is 5.56 Å². The molecule has 0 saturated heterocycles. The molecule has 0 amide bonds. The summed E-state index contributed by atoms with van der Waals surface area (Å²) >= 11 is 0. The minimum absolute atomic E-state index is 0.0194. The Morgan fingerprint density at radius 2 is 1.57 bits per heavy atom. The van der Waals surface area contributed by atoms with Gasteiger partial charge in [0.1, 0.15) is 0 Å². The fourth-order valence-electron chi connectivity index (χ4n) is 4.59. The zero-order valence-corrected chi connectivity index (χ0v) is 17.7. The van der Waals surface area contributed by atoms with E-state index in [1.165, 1.54) is 29.4 Å². The van der Waals surface area contributed by atoms with Gasteiger partial charge in [-0.15, -0.1) is 0 Å². The summed E-state index contributed by atoms with van der Waals surface area (Å²) in [4.78, 5) is 16.4. The Bertz CT molecular complexity index is 976. The van der Waals surface area contributed by atoms with Crippen molar-refractivity contribution in [3.05, 3.63) is 76.1 Å². The summed E-state index contributed by atoms with van der Waals surface area (Å²) in [5.74, 6) is -0.343. The van der Waals surface area contributed by atoms with Crippen molar-refractivity contribution < 1.29 is 9.53 Å². The van der Waals surface area contributed by atoms with Crippen LogP contribution < -0.4 is 0 Å². The number of methoxy groups -OCH3 is 1. The second kappa shape index (κ2) is 6.04. The van der Waals surface area contributed by atoms with E-state index in [4.69, 9.17) is 4.74 Å². The lowest BCUT2D eigenvalue weighted by Crippen LogP contribution is -2.30. The first kappa shape index (κ1) is 18.9. The molecule has 1 fully saturated rings. The molecular weight excluding hydrogens is 346 g/mol. The molecule has 0 atom stereocenters. The first-order valence-electron chi connectivity index (χ1n) is 10.0. The number of rotatable bonds is 3. The van der Waals surface area contributed by atoms with Gasteiger partial charge < -0.3 is 4.74 Å². The minimum atomic E-state index is -0.343. The molecule has 1 heterocycles. The van der Waals surface area contributed by atoms with Gasteiger partial charge in [0.05, 0.1) is 18.4 Å². The second-order valence-electron chi connectivity index (χ2n) is 9.50. The number of hydrogen-bond acceptors (Lipinski definition) is 3. The summed E-state index contributed by atoms with van der Waals surface area (Å²) in [6.45, 7) is 11.4. The monoisotopic (exact) mass is 375 g/mol. The van der Waals surface area contributed by atoms with Gasteiger partial charge in [-0.2, -0.15) is 0 Å². The van der Waals surface area contributed by atoms with Gasteiger partial charge in [0.2, 0.25) is 0 Å². The number of hydrogen-bond donors (Lipinski definition) is 0. The van der Waals surface area contributed by atoms with Crippen LogP contribution in [0.2, 0.25) is 0 Å². The molecule has 1 aromatic carbocycles. The van der Waals surface area contributed by atoms with Gasteiger partial charge in [-0.05, 0) is 54.2 Å². The third-order valence-electron chi connectivity index (χ3n) is 6.61. The van der Waals surface area contributed by atoms with E-state index in [9.17, 15) is 4.79 Å². The molecule has 0 spiro atoms. The molecule has 146 valence electrons. The van der Waals surface area contributed by atoms with Crippen molar-refractivity contribution >= 4 is 5.97 Å². The lowest BCUT2D eigenvalue weighted by atomic mass is 9.66. The maximum atomic E-state index is 11.7. The summed E-state index contributed by atoms with van der Waals surface area (Å²) < 4.78 is 4.80. The number of esters is 1. The highest BCUT2D eigenvalue weighted by Crippen LogP contribution is 2.55. The molecule has 28 heavy (non-hydrogen) atoms. The van der Waals surface area contributed by atoms with Crippen molar-refractivity contribution in [1.29, 1.82) is 0 Å². The average Bonchev–Trinajstić information content (AvgIpc) is 3.46. The van der Waals surface area contributed by atoms with Crippen LogP contribution in [0.4, 0.5) is 0 Å². The zero-order valence-electron chi connectivity index (χ0n) is 17.7. The molecule has 3 nitrogen and oxygen atoms in total. The molecule has 0 N–H and O–H groups in total. The van der Waals surface area contributed by atoms with Crippen LogP contribution in [0.5, 0.6) is 0 Å². The maximum Gasteiger partial charge on any atom is 0.339 e. The summed E-state index contributed by atoms with van der Waals surface area (Å²) in [7, 11) is 1.40. The SMILES string of the molecule is COC(=O)c1ccc(C2(c3cc4c(cc3C)C(C)(C)C=CC4(C)C)CC2)nc1. The molecule has 3 heteroatoms. The van der Waals surface area contributed by atoms with E-state index >= 15 is 0 Å². The van der Waals surface area contributed by atoms with Crippen LogP contribution in [0.25, 0.3) is 0 Å².